The quantitative estimate of drug-likeness (QED) is 0.801. The predicted molar refractivity (Wildman–Crippen MR) is 86.6 cm³/mol. The van der Waals surface area contributed by atoms with Crippen LogP contribution < -0.4 is 10.1 Å². The Hall–Kier alpha value is -1.87. The number of hydrogen-bond donors (Lipinski definition) is 1. The van der Waals surface area contributed by atoms with E-state index in [9.17, 15) is 0 Å². The average molecular weight is 284 g/mol. The van der Waals surface area contributed by atoms with Crippen LogP contribution in [-0.2, 0) is 6.42 Å². The van der Waals surface area contributed by atoms with Crippen LogP contribution in [0.1, 0.15) is 37.4 Å². The van der Waals surface area contributed by atoms with Gasteiger partial charge in [0, 0.05) is 24.9 Å². The first-order chi connectivity index (χ1) is 10.3. The van der Waals surface area contributed by atoms with Crippen LogP contribution in [0, 0.1) is 0 Å². The summed E-state index contributed by atoms with van der Waals surface area (Å²) in [5, 5.41) is 3.50. The number of ether oxygens (including phenoxy) is 1. The van der Waals surface area contributed by atoms with Crippen molar-refractivity contribution in [3.63, 3.8) is 0 Å². The van der Waals surface area contributed by atoms with Crippen LogP contribution in [0.15, 0.2) is 48.8 Å². The summed E-state index contributed by atoms with van der Waals surface area (Å²) in [6.45, 7) is 6.09. The van der Waals surface area contributed by atoms with E-state index in [0.29, 0.717) is 12.6 Å². The van der Waals surface area contributed by atoms with Gasteiger partial charge in [-0.2, -0.15) is 0 Å². The second-order valence-corrected chi connectivity index (χ2v) is 5.20. The summed E-state index contributed by atoms with van der Waals surface area (Å²) in [5.41, 5.74) is 2.52. The van der Waals surface area contributed by atoms with Crippen LogP contribution in [0.3, 0.4) is 0 Å². The van der Waals surface area contributed by atoms with Crippen molar-refractivity contribution in [3.05, 3.63) is 59.9 Å². The van der Waals surface area contributed by atoms with Crippen LogP contribution in [0.25, 0.3) is 0 Å². The largest absolute Gasteiger partial charge is 0.493 e. The molecule has 0 spiro atoms. The number of nitrogens with one attached hydrogen (secondary N) is 1. The van der Waals surface area contributed by atoms with Crippen molar-refractivity contribution >= 4 is 0 Å². The van der Waals surface area contributed by atoms with E-state index >= 15 is 0 Å². The van der Waals surface area contributed by atoms with E-state index in [1.807, 2.05) is 30.6 Å². The molecular formula is C18H24N2O. The van der Waals surface area contributed by atoms with Crippen LogP contribution in [0.5, 0.6) is 5.75 Å². The number of aromatic nitrogens is 1. The molecule has 0 aliphatic rings. The summed E-state index contributed by atoms with van der Waals surface area (Å²) in [6, 6.07) is 12.7. The zero-order valence-electron chi connectivity index (χ0n) is 12.9. The molecular weight excluding hydrogens is 260 g/mol. The molecule has 0 aliphatic carbocycles. The number of hydrogen-bond acceptors (Lipinski definition) is 3. The van der Waals surface area contributed by atoms with Gasteiger partial charge < -0.3 is 10.1 Å². The van der Waals surface area contributed by atoms with E-state index in [1.165, 1.54) is 11.1 Å². The highest BCUT2D eigenvalue weighted by molar-refractivity contribution is 5.30. The van der Waals surface area contributed by atoms with Gasteiger partial charge in [-0.15, -0.1) is 0 Å². The van der Waals surface area contributed by atoms with Gasteiger partial charge in [-0.3, -0.25) is 4.98 Å². The zero-order valence-corrected chi connectivity index (χ0v) is 12.9. The molecule has 1 atom stereocenters. The van der Waals surface area contributed by atoms with Crippen molar-refractivity contribution in [2.45, 2.75) is 32.7 Å². The lowest BCUT2D eigenvalue weighted by Gasteiger charge is -2.15. The van der Waals surface area contributed by atoms with Gasteiger partial charge in [0.2, 0.25) is 0 Å². The van der Waals surface area contributed by atoms with Gasteiger partial charge >= 0.3 is 0 Å². The van der Waals surface area contributed by atoms with E-state index in [1.54, 1.807) is 0 Å². The van der Waals surface area contributed by atoms with Gasteiger partial charge in [0.25, 0.3) is 0 Å². The second-order valence-electron chi connectivity index (χ2n) is 5.20. The summed E-state index contributed by atoms with van der Waals surface area (Å²) in [4.78, 5) is 4.02. The first-order valence-corrected chi connectivity index (χ1v) is 7.64. The van der Waals surface area contributed by atoms with Crippen molar-refractivity contribution in [1.82, 2.24) is 10.3 Å². The monoisotopic (exact) mass is 284 g/mol. The zero-order chi connectivity index (χ0) is 14.9. The highest BCUT2D eigenvalue weighted by Crippen LogP contribution is 2.19. The molecule has 0 fully saturated rings. The third-order valence-corrected chi connectivity index (χ3v) is 3.47. The highest BCUT2D eigenvalue weighted by Gasteiger charge is 2.05. The molecule has 1 heterocycles. The van der Waals surface area contributed by atoms with Crippen molar-refractivity contribution in [1.29, 1.82) is 0 Å². The van der Waals surface area contributed by atoms with Gasteiger partial charge in [0.15, 0.2) is 0 Å². The molecule has 0 saturated heterocycles. The molecule has 0 aliphatic heterocycles. The van der Waals surface area contributed by atoms with Gasteiger partial charge in [0.1, 0.15) is 5.75 Å². The van der Waals surface area contributed by atoms with Crippen molar-refractivity contribution < 1.29 is 4.74 Å². The Morgan fingerprint density at radius 1 is 1.19 bits per heavy atom. The van der Waals surface area contributed by atoms with Crippen molar-refractivity contribution in [3.8, 4) is 5.75 Å². The number of pyridine rings is 1. The molecule has 0 bridgehead atoms. The molecule has 1 N–H and O–H groups in total. The summed E-state index contributed by atoms with van der Waals surface area (Å²) >= 11 is 0. The molecule has 3 heteroatoms. The van der Waals surface area contributed by atoms with E-state index in [-0.39, 0.29) is 0 Å². The average Bonchev–Trinajstić information content (AvgIpc) is 2.54. The lowest BCUT2D eigenvalue weighted by molar-refractivity contribution is 0.321. The summed E-state index contributed by atoms with van der Waals surface area (Å²) in [5.74, 6) is 0.937. The first kappa shape index (κ1) is 15.5. The van der Waals surface area contributed by atoms with Crippen LogP contribution in [-0.4, -0.2) is 18.1 Å². The third kappa shape index (κ3) is 5.20. The standard InChI is InChI=1S/C18H24N2O/c1-3-10-20-15(2)17-5-4-6-18(14-17)21-13-9-16-7-11-19-12-8-16/h4-8,11-12,14-15,20H,3,9-10,13H2,1-2H3. The summed E-state index contributed by atoms with van der Waals surface area (Å²) < 4.78 is 5.86. The predicted octanol–water partition coefficient (Wildman–Crippen LogP) is 3.76. The Labute approximate surface area is 127 Å². The van der Waals surface area contributed by atoms with Crippen LogP contribution in [0.4, 0.5) is 0 Å². The fourth-order valence-corrected chi connectivity index (χ4v) is 2.19. The van der Waals surface area contributed by atoms with Crippen LogP contribution in [0.2, 0.25) is 0 Å². The molecule has 0 radical (unpaired) electrons. The molecule has 21 heavy (non-hydrogen) atoms. The summed E-state index contributed by atoms with van der Waals surface area (Å²) in [7, 11) is 0. The number of rotatable bonds is 8. The number of benzene rings is 1. The molecule has 112 valence electrons. The van der Waals surface area contributed by atoms with E-state index in [0.717, 1.165) is 25.1 Å². The second kappa shape index (κ2) is 8.42. The third-order valence-electron chi connectivity index (χ3n) is 3.47. The normalized spacial score (nSPS) is 12.1. The molecule has 2 rings (SSSR count). The Morgan fingerprint density at radius 3 is 2.76 bits per heavy atom. The molecule has 2 aromatic rings. The highest BCUT2D eigenvalue weighted by atomic mass is 16.5. The van der Waals surface area contributed by atoms with Gasteiger partial charge in [0.05, 0.1) is 6.61 Å². The van der Waals surface area contributed by atoms with E-state index < -0.39 is 0 Å². The van der Waals surface area contributed by atoms with Gasteiger partial charge in [-0.25, -0.2) is 0 Å². The molecule has 1 unspecified atom stereocenters. The Bertz CT molecular complexity index is 528. The fraction of sp³-hybridized carbons (Fsp3) is 0.389. The van der Waals surface area contributed by atoms with E-state index in [2.05, 4.69) is 42.3 Å². The number of nitrogens with zero attached hydrogens (tertiary/aromatic N) is 1. The molecule has 3 nitrogen and oxygen atoms in total. The first-order valence-electron chi connectivity index (χ1n) is 7.64. The van der Waals surface area contributed by atoms with E-state index in [4.69, 9.17) is 4.74 Å². The molecule has 1 aromatic carbocycles. The minimum atomic E-state index is 0.355. The minimum absolute atomic E-state index is 0.355. The Kier molecular flexibility index (Phi) is 6.22. The topological polar surface area (TPSA) is 34.1 Å². The Morgan fingerprint density at radius 2 is 2.00 bits per heavy atom. The lowest BCUT2D eigenvalue weighted by Crippen LogP contribution is -2.19. The Balaban J connectivity index is 1.86. The molecule has 0 saturated carbocycles. The SMILES string of the molecule is CCCNC(C)c1cccc(OCCc2ccncc2)c1. The van der Waals surface area contributed by atoms with Crippen LogP contribution >= 0.6 is 0 Å². The maximum atomic E-state index is 5.86. The van der Waals surface area contributed by atoms with Crippen molar-refractivity contribution in [2.75, 3.05) is 13.2 Å². The maximum absolute atomic E-state index is 5.86. The minimum Gasteiger partial charge on any atom is -0.493 e. The van der Waals surface area contributed by atoms with Gasteiger partial charge in [-0.05, 0) is 55.3 Å². The maximum Gasteiger partial charge on any atom is 0.119 e. The molecule has 0 amide bonds. The van der Waals surface area contributed by atoms with Crippen molar-refractivity contribution in [2.24, 2.45) is 0 Å². The smallest absolute Gasteiger partial charge is 0.119 e. The van der Waals surface area contributed by atoms with Gasteiger partial charge in [-0.1, -0.05) is 19.1 Å². The summed E-state index contributed by atoms with van der Waals surface area (Å²) in [6.07, 6.45) is 5.68. The fourth-order valence-electron chi connectivity index (χ4n) is 2.19. The lowest BCUT2D eigenvalue weighted by atomic mass is 10.1. The molecule has 1 aromatic heterocycles.